The van der Waals surface area contributed by atoms with Crippen molar-refractivity contribution in [2.45, 2.75) is 18.3 Å². The maximum atomic E-state index is 11.3. The summed E-state index contributed by atoms with van der Waals surface area (Å²) in [5.41, 5.74) is 0. The molecule has 0 fully saturated rings. The normalized spacial score (nSPS) is 18.9. The highest BCUT2D eigenvalue weighted by Gasteiger charge is 2.26. The Morgan fingerprint density at radius 1 is 1.55 bits per heavy atom. The molecule has 0 aromatic rings. The van der Waals surface area contributed by atoms with Gasteiger partial charge in [0.15, 0.2) is 12.4 Å². The van der Waals surface area contributed by atoms with Gasteiger partial charge >= 0.3 is 0 Å². The Morgan fingerprint density at radius 2 is 2.09 bits per heavy atom. The summed E-state index contributed by atoms with van der Waals surface area (Å²) < 4.78 is 11.3. The molecule has 0 bridgehead atoms. The van der Waals surface area contributed by atoms with E-state index in [9.17, 15) is 9.32 Å². The second kappa shape index (κ2) is 5.14. The van der Waals surface area contributed by atoms with E-state index in [1.165, 1.54) is 0 Å². The van der Waals surface area contributed by atoms with Gasteiger partial charge in [0.05, 0.1) is 6.61 Å². The predicted molar refractivity (Wildman–Crippen MR) is 31.1 cm³/mol. The summed E-state index contributed by atoms with van der Waals surface area (Å²) in [6, 6.07) is 0. The lowest BCUT2D eigenvalue weighted by Gasteiger charge is -2.17. The molecule has 0 heterocycles. The lowest BCUT2D eigenvalue weighted by Crippen LogP contribution is -2.40. The number of hydrogen-bond acceptors (Lipinski definition) is 5. The quantitative estimate of drug-likeness (QED) is 0.420. The molecule has 0 aromatic carbocycles. The second-order valence-corrected chi connectivity index (χ2v) is 1.93. The highest BCUT2D eigenvalue weighted by Crippen LogP contribution is 2.02. The average Bonchev–Trinajstić information content (AvgIpc) is 2.05. The number of halogens is 1. The SMILES string of the molecule is O=CC(OF)C(O)C(O)CO. The van der Waals surface area contributed by atoms with Crippen LogP contribution in [0.2, 0.25) is 0 Å². The van der Waals surface area contributed by atoms with E-state index < -0.39 is 24.9 Å². The van der Waals surface area contributed by atoms with E-state index in [0.717, 1.165) is 0 Å². The van der Waals surface area contributed by atoms with Gasteiger partial charge in [0.1, 0.15) is 12.2 Å². The van der Waals surface area contributed by atoms with Crippen LogP contribution in [0.15, 0.2) is 0 Å². The van der Waals surface area contributed by atoms with E-state index in [0.29, 0.717) is 0 Å². The summed E-state index contributed by atoms with van der Waals surface area (Å²) in [5.74, 6) is 0. The molecule has 0 aliphatic heterocycles. The maximum Gasteiger partial charge on any atom is 0.182 e. The Hall–Kier alpha value is -0.560. The molecule has 0 rings (SSSR count). The van der Waals surface area contributed by atoms with Crippen LogP contribution < -0.4 is 0 Å². The third-order valence-electron chi connectivity index (χ3n) is 1.15. The summed E-state index contributed by atoms with van der Waals surface area (Å²) in [7, 11) is 0. The van der Waals surface area contributed by atoms with Gasteiger partial charge in [-0.2, -0.15) is 4.94 Å². The fraction of sp³-hybridized carbons (Fsp3) is 0.800. The van der Waals surface area contributed by atoms with E-state index in [1.54, 1.807) is 0 Å². The van der Waals surface area contributed by atoms with Crippen molar-refractivity contribution in [3.05, 3.63) is 0 Å². The van der Waals surface area contributed by atoms with Gasteiger partial charge in [-0.15, -0.1) is 0 Å². The Labute approximate surface area is 61.9 Å². The van der Waals surface area contributed by atoms with Crippen molar-refractivity contribution in [1.29, 1.82) is 0 Å². The van der Waals surface area contributed by atoms with Crippen molar-refractivity contribution in [1.82, 2.24) is 0 Å². The van der Waals surface area contributed by atoms with Crippen molar-refractivity contribution < 1.29 is 29.6 Å². The highest BCUT2D eigenvalue weighted by molar-refractivity contribution is 5.57. The zero-order valence-electron chi connectivity index (χ0n) is 5.55. The van der Waals surface area contributed by atoms with Gasteiger partial charge in [-0.1, -0.05) is 0 Å². The number of aliphatic hydroxyl groups is 3. The molecule has 0 spiro atoms. The van der Waals surface area contributed by atoms with Crippen LogP contribution >= 0.6 is 0 Å². The summed E-state index contributed by atoms with van der Waals surface area (Å²) >= 11 is 0. The molecule has 0 aliphatic rings. The Morgan fingerprint density at radius 3 is 2.36 bits per heavy atom. The van der Waals surface area contributed by atoms with E-state index in [-0.39, 0.29) is 6.29 Å². The van der Waals surface area contributed by atoms with Crippen LogP contribution in [0, 0.1) is 0 Å². The van der Waals surface area contributed by atoms with Crippen molar-refractivity contribution >= 4 is 6.29 Å². The van der Waals surface area contributed by atoms with Crippen LogP contribution in [0.1, 0.15) is 0 Å². The first-order valence-corrected chi connectivity index (χ1v) is 2.87. The van der Waals surface area contributed by atoms with Crippen LogP contribution in [0.5, 0.6) is 0 Å². The molecular formula is C5H9FO5. The molecular weight excluding hydrogens is 159 g/mol. The van der Waals surface area contributed by atoms with Crippen LogP contribution in [-0.4, -0.2) is 46.5 Å². The fourth-order valence-corrected chi connectivity index (χ4v) is 0.481. The van der Waals surface area contributed by atoms with Crippen LogP contribution in [0.25, 0.3) is 0 Å². The van der Waals surface area contributed by atoms with Crippen LogP contribution in [-0.2, 0) is 9.74 Å². The smallest absolute Gasteiger partial charge is 0.182 e. The minimum atomic E-state index is -1.75. The lowest BCUT2D eigenvalue weighted by atomic mass is 10.1. The standard InChI is InChI=1S/C5H9FO5/c6-11-4(2-8)5(10)3(9)1-7/h2-5,7,9-10H,1H2. The molecule has 66 valence electrons. The molecule has 0 aromatic heterocycles. The summed E-state index contributed by atoms with van der Waals surface area (Å²) in [6.07, 6.45) is -5.09. The Kier molecular flexibility index (Phi) is 4.88. The van der Waals surface area contributed by atoms with Gasteiger partial charge in [-0.05, 0) is 4.53 Å². The van der Waals surface area contributed by atoms with Gasteiger partial charge in [-0.25, -0.2) is 0 Å². The molecule has 0 saturated heterocycles. The number of aldehydes is 1. The van der Waals surface area contributed by atoms with Crippen molar-refractivity contribution in [3.8, 4) is 0 Å². The topological polar surface area (TPSA) is 87.0 Å². The zero-order chi connectivity index (χ0) is 8.85. The van der Waals surface area contributed by atoms with Crippen molar-refractivity contribution in [2.24, 2.45) is 0 Å². The number of aliphatic hydroxyl groups excluding tert-OH is 3. The summed E-state index contributed by atoms with van der Waals surface area (Å²) in [4.78, 5) is 12.9. The van der Waals surface area contributed by atoms with Gasteiger partial charge in [0.25, 0.3) is 0 Å². The first kappa shape index (κ1) is 10.4. The highest BCUT2D eigenvalue weighted by atomic mass is 19.3. The molecule has 0 amide bonds. The second-order valence-electron chi connectivity index (χ2n) is 1.93. The van der Waals surface area contributed by atoms with Gasteiger partial charge in [-0.3, -0.25) is 0 Å². The molecule has 0 radical (unpaired) electrons. The van der Waals surface area contributed by atoms with E-state index in [2.05, 4.69) is 4.94 Å². The Bertz CT molecular complexity index is 119. The van der Waals surface area contributed by atoms with E-state index in [4.69, 9.17) is 15.3 Å². The summed E-state index contributed by atoms with van der Waals surface area (Å²) in [5, 5.41) is 25.7. The number of carbonyl (C=O) groups is 1. The van der Waals surface area contributed by atoms with E-state index >= 15 is 0 Å². The van der Waals surface area contributed by atoms with Crippen LogP contribution in [0.4, 0.5) is 4.53 Å². The van der Waals surface area contributed by atoms with Gasteiger partial charge in [0, 0.05) is 0 Å². The van der Waals surface area contributed by atoms with Crippen molar-refractivity contribution in [2.75, 3.05) is 6.61 Å². The molecule has 0 saturated carbocycles. The first-order chi connectivity index (χ1) is 5.17. The van der Waals surface area contributed by atoms with Crippen LogP contribution in [0.3, 0.4) is 0 Å². The molecule has 11 heavy (non-hydrogen) atoms. The lowest BCUT2D eigenvalue weighted by molar-refractivity contribution is -0.214. The van der Waals surface area contributed by atoms with Gasteiger partial charge < -0.3 is 20.1 Å². The summed E-state index contributed by atoms with van der Waals surface area (Å²) in [6.45, 7) is -0.769. The largest absolute Gasteiger partial charge is 0.394 e. The first-order valence-electron chi connectivity index (χ1n) is 2.87. The molecule has 0 aliphatic carbocycles. The molecule has 3 N–H and O–H groups in total. The molecule has 6 heteroatoms. The third kappa shape index (κ3) is 2.89. The molecule has 3 atom stereocenters. The molecule has 5 nitrogen and oxygen atoms in total. The third-order valence-corrected chi connectivity index (χ3v) is 1.15. The minimum absolute atomic E-state index is 0.0104. The number of carbonyl (C=O) groups excluding carboxylic acids is 1. The number of rotatable bonds is 5. The van der Waals surface area contributed by atoms with Crippen molar-refractivity contribution in [3.63, 3.8) is 0 Å². The average molecular weight is 168 g/mol. The maximum absolute atomic E-state index is 11.3. The minimum Gasteiger partial charge on any atom is -0.394 e. The number of hydrogen-bond donors (Lipinski definition) is 3. The fourth-order valence-electron chi connectivity index (χ4n) is 0.481. The molecule has 3 unspecified atom stereocenters. The monoisotopic (exact) mass is 168 g/mol. The Balaban J connectivity index is 3.96. The van der Waals surface area contributed by atoms with Gasteiger partial charge in [0.2, 0.25) is 0 Å². The van der Waals surface area contributed by atoms with E-state index in [1.807, 2.05) is 0 Å². The zero-order valence-corrected chi connectivity index (χ0v) is 5.55. The predicted octanol–water partition coefficient (Wildman–Crippen LogP) is -1.83.